The van der Waals surface area contributed by atoms with Crippen molar-refractivity contribution in [1.82, 2.24) is 14.5 Å². The lowest BCUT2D eigenvalue weighted by atomic mass is 10.0. The van der Waals surface area contributed by atoms with Crippen molar-refractivity contribution in [3.05, 3.63) is 155 Å². The molecule has 5 rings (SSSR count). The van der Waals surface area contributed by atoms with Crippen molar-refractivity contribution in [3.8, 4) is 11.8 Å². The molecule has 5 aromatic rings. The number of carbonyl (C=O) groups is 1. The summed E-state index contributed by atoms with van der Waals surface area (Å²) in [5, 5.41) is 9.09. The Kier molecular flexibility index (Phi) is 10.7. The molecule has 0 aliphatic heterocycles. The normalized spacial score (nSPS) is 11.9. The maximum absolute atomic E-state index is 14.0. The lowest BCUT2D eigenvalue weighted by Gasteiger charge is -2.32. The van der Waals surface area contributed by atoms with Crippen molar-refractivity contribution in [1.29, 1.82) is 5.26 Å². The van der Waals surface area contributed by atoms with Crippen LogP contribution in [-0.4, -0.2) is 32.9 Å². The largest absolute Gasteiger partial charge is 0.489 e. The third-order valence-electron chi connectivity index (χ3n) is 7.91. The molecule has 47 heavy (non-hydrogen) atoms. The van der Waals surface area contributed by atoms with E-state index in [9.17, 15) is 18.0 Å². The van der Waals surface area contributed by atoms with Crippen LogP contribution in [0.25, 0.3) is 0 Å². The van der Waals surface area contributed by atoms with Gasteiger partial charge in [-0.2, -0.15) is 18.4 Å². The predicted molar refractivity (Wildman–Crippen MR) is 172 cm³/mol. The molecule has 0 bridgehead atoms. The highest BCUT2D eigenvalue weighted by Gasteiger charge is 2.34. The Labute approximate surface area is 271 Å². The average Bonchev–Trinajstić information content (AvgIpc) is 3.52. The Balaban J connectivity index is 1.36. The number of nitriles is 1. The van der Waals surface area contributed by atoms with E-state index in [0.717, 1.165) is 22.8 Å². The quantitative estimate of drug-likeness (QED) is 0.158. The predicted octanol–water partition coefficient (Wildman–Crippen LogP) is 6.54. The number of nitrogens with zero attached hydrogens (tertiary/aromatic N) is 4. The molecule has 0 aliphatic rings. The summed E-state index contributed by atoms with van der Waals surface area (Å²) in [6, 6.07) is 31.1. The van der Waals surface area contributed by atoms with Gasteiger partial charge in [-0.25, -0.2) is 4.98 Å². The van der Waals surface area contributed by atoms with E-state index in [2.05, 4.69) is 11.1 Å². The van der Waals surface area contributed by atoms with Gasteiger partial charge in [-0.05, 0) is 59.0 Å². The Morgan fingerprint density at radius 1 is 0.915 bits per heavy atom. The molecule has 0 unspecified atom stereocenters. The Morgan fingerprint density at radius 3 is 2.28 bits per heavy atom. The summed E-state index contributed by atoms with van der Waals surface area (Å²) in [7, 11) is 0. The molecule has 10 heteroatoms. The van der Waals surface area contributed by atoms with Gasteiger partial charge in [0.2, 0.25) is 5.91 Å². The lowest BCUT2D eigenvalue weighted by molar-refractivity contribution is -0.140. The van der Waals surface area contributed by atoms with Crippen LogP contribution in [-0.2, 0) is 43.5 Å². The second-order valence-electron chi connectivity index (χ2n) is 11.2. The van der Waals surface area contributed by atoms with E-state index in [0.29, 0.717) is 36.6 Å². The SMILES string of the molecule is N#Cc1ccc(Cn2cncc2CC(=O)N(Cc2ccccc2C(F)(F)F)[C@H](CN)Cc2ccc(OCc3ccccc3)cc2)cc1. The van der Waals surface area contributed by atoms with Crippen LogP contribution in [0.4, 0.5) is 13.2 Å². The molecule has 0 radical (unpaired) electrons. The van der Waals surface area contributed by atoms with E-state index >= 15 is 0 Å². The number of benzene rings is 4. The van der Waals surface area contributed by atoms with E-state index < -0.39 is 17.8 Å². The molecule has 0 saturated heterocycles. The first-order valence-corrected chi connectivity index (χ1v) is 15.1. The van der Waals surface area contributed by atoms with Crippen LogP contribution in [0.5, 0.6) is 5.75 Å². The van der Waals surface area contributed by atoms with Crippen molar-refractivity contribution < 1.29 is 22.7 Å². The number of aromatic nitrogens is 2. The Morgan fingerprint density at radius 2 is 1.60 bits per heavy atom. The van der Waals surface area contributed by atoms with E-state index in [1.807, 2.05) is 71.3 Å². The molecule has 0 spiro atoms. The van der Waals surface area contributed by atoms with Crippen molar-refractivity contribution in [2.75, 3.05) is 6.54 Å². The van der Waals surface area contributed by atoms with Crippen LogP contribution in [0.2, 0.25) is 0 Å². The molecule has 1 atom stereocenters. The molecule has 4 aromatic carbocycles. The second-order valence-corrected chi connectivity index (χ2v) is 11.2. The van der Waals surface area contributed by atoms with Crippen LogP contribution in [0.15, 0.2) is 116 Å². The zero-order valence-corrected chi connectivity index (χ0v) is 25.6. The molecule has 7 nitrogen and oxygen atoms in total. The third-order valence-corrected chi connectivity index (χ3v) is 7.91. The van der Waals surface area contributed by atoms with Crippen LogP contribution in [0, 0.1) is 11.3 Å². The Hall–Kier alpha value is -5.40. The van der Waals surface area contributed by atoms with E-state index in [1.54, 1.807) is 24.7 Å². The van der Waals surface area contributed by atoms with Crippen molar-refractivity contribution >= 4 is 5.91 Å². The molecular formula is C37H34F3N5O2. The van der Waals surface area contributed by atoms with Gasteiger partial charge in [0.05, 0.1) is 29.9 Å². The summed E-state index contributed by atoms with van der Waals surface area (Å²) in [4.78, 5) is 19.7. The molecule has 0 saturated carbocycles. The number of imidazole rings is 1. The van der Waals surface area contributed by atoms with Gasteiger partial charge in [-0.15, -0.1) is 0 Å². The first-order chi connectivity index (χ1) is 22.7. The van der Waals surface area contributed by atoms with E-state index in [4.69, 9.17) is 15.7 Å². The molecule has 240 valence electrons. The third kappa shape index (κ3) is 8.87. The number of alkyl halides is 3. The van der Waals surface area contributed by atoms with Crippen LogP contribution in [0.1, 0.15) is 39.1 Å². The zero-order valence-electron chi connectivity index (χ0n) is 25.6. The van der Waals surface area contributed by atoms with Gasteiger partial charge in [0.1, 0.15) is 12.4 Å². The number of ether oxygens (including phenoxy) is 1. The molecule has 1 amide bonds. The monoisotopic (exact) mass is 637 g/mol. The lowest BCUT2D eigenvalue weighted by Crippen LogP contribution is -2.46. The minimum absolute atomic E-state index is 0.0115. The van der Waals surface area contributed by atoms with Crippen molar-refractivity contribution in [2.45, 2.75) is 44.8 Å². The standard InChI is InChI=1S/C37H34F3N5O2/c38-37(39,40)35-9-5-4-8-31(35)24-45(36(46)19-33-22-43-26-44(33)23-29-12-10-28(20-41)11-13-29)32(21-42)18-27-14-16-34(17-15-27)47-25-30-6-2-1-3-7-30/h1-17,22,26,32H,18-19,21,23-25,42H2/t32-/m0/s1. The smallest absolute Gasteiger partial charge is 0.416 e. The number of hydrogen-bond donors (Lipinski definition) is 1. The molecule has 0 fully saturated rings. The maximum Gasteiger partial charge on any atom is 0.416 e. The summed E-state index contributed by atoms with van der Waals surface area (Å²) in [6.07, 6.45) is -1.16. The summed E-state index contributed by atoms with van der Waals surface area (Å²) in [5.41, 5.74) is 9.36. The molecule has 1 heterocycles. The summed E-state index contributed by atoms with van der Waals surface area (Å²) < 4.78 is 49.7. The molecule has 2 N–H and O–H groups in total. The van der Waals surface area contributed by atoms with E-state index in [1.165, 1.54) is 23.1 Å². The van der Waals surface area contributed by atoms with Crippen molar-refractivity contribution in [3.63, 3.8) is 0 Å². The first kappa shape index (κ1) is 33.0. The van der Waals surface area contributed by atoms with Gasteiger partial charge in [0.15, 0.2) is 0 Å². The fourth-order valence-corrected chi connectivity index (χ4v) is 5.37. The number of rotatable bonds is 13. The fraction of sp³-hybridized carbons (Fsp3) is 0.216. The van der Waals surface area contributed by atoms with Gasteiger partial charge >= 0.3 is 6.18 Å². The highest BCUT2D eigenvalue weighted by molar-refractivity contribution is 5.79. The maximum atomic E-state index is 14.0. The van der Waals surface area contributed by atoms with Crippen LogP contribution >= 0.6 is 0 Å². The van der Waals surface area contributed by atoms with Crippen LogP contribution < -0.4 is 10.5 Å². The van der Waals surface area contributed by atoms with E-state index in [-0.39, 0.29) is 31.0 Å². The highest BCUT2D eigenvalue weighted by Crippen LogP contribution is 2.33. The van der Waals surface area contributed by atoms with Gasteiger partial charge in [-0.1, -0.05) is 72.8 Å². The molecule has 1 aromatic heterocycles. The zero-order chi connectivity index (χ0) is 33.2. The highest BCUT2D eigenvalue weighted by atomic mass is 19.4. The van der Waals surface area contributed by atoms with Gasteiger partial charge < -0.3 is 19.9 Å². The number of carbonyl (C=O) groups excluding carboxylic acids is 1. The average molecular weight is 638 g/mol. The van der Waals surface area contributed by atoms with Gasteiger partial charge in [0.25, 0.3) is 0 Å². The fourth-order valence-electron chi connectivity index (χ4n) is 5.37. The summed E-state index contributed by atoms with van der Waals surface area (Å²) in [5.74, 6) is 0.297. The van der Waals surface area contributed by atoms with Gasteiger partial charge in [0, 0.05) is 37.6 Å². The number of hydrogen-bond acceptors (Lipinski definition) is 5. The number of amides is 1. The minimum atomic E-state index is -4.58. The van der Waals surface area contributed by atoms with Crippen LogP contribution in [0.3, 0.4) is 0 Å². The topological polar surface area (TPSA) is 97.2 Å². The second kappa shape index (κ2) is 15.3. The van der Waals surface area contributed by atoms with Crippen molar-refractivity contribution in [2.24, 2.45) is 5.73 Å². The minimum Gasteiger partial charge on any atom is -0.489 e. The number of nitrogens with two attached hydrogens (primary N) is 1. The summed E-state index contributed by atoms with van der Waals surface area (Å²) >= 11 is 0. The first-order valence-electron chi connectivity index (χ1n) is 15.1. The summed E-state index contributed by atoms with van der Waals surface area (Å²) in [6.45, 7) is 0.591. The number of halogens is 3. The molecular weight excluding hydrogens is 603 g/mol. The Bertz CT molecular complexity index is 1800. The van der Waals surface area contributed by atoms with Gasteiger partial charge in [-0.3, -0.25) is 4.79 Å². The molecule has 0 aliphatic carbocycles.